The number of nitrogens with zero attached hydrogens (tertiary/aromatic N) is 1. The highest BCUT2D eigenvalue weighted by atomic mass is 35.5. The second-order valence-electron chi connectivity index (χ2n) is 7.45. The minimum Gasteiger partial charge on any atom is -0.493 e. The van der Waals surface area contributed by atoms with Gasteiger partial charge in [0.1, 0.15) is 28.2 Å². The first-order valence-electron chi connectivity index (χ1n) is 9.94. The van der Waals surface area contributed by atoms with Crippen LogP contribution < -0.4 is 9.47 Å². The molecule has 0 atom stereocenters. The van der Waals surface area contributed by atoms with Crippen LogP contribution in [0.15, 0.2) is 27.9 Å². The molecular weight excluding hydrogens is 413 g/mol. The van der Waals surface area contributed by atoms with Crippen LogP contribution in [0, 0.1) is 0 Å². The van der Waals surface area contributed by atoms with E-state index in [4.69, 9.17) is 42.3 Å². The summed E-state index contributed by atoms with van der Waals surface area (Å²) in [7, 11) is 0. The van der Waals surface area contributed by atoms with Gasteiger partial charge in [0.2, 0.25) is 5.90 Å². The first kappa shape index (κ1) is 25.4. The van der Waals surface area contributed by atoms with Crippen LogP contribution in [0.1, 0.15) is 59.1 Å². The van der Waals surface area contributed by atoms with Crippen LogP contribution in [0.2, 0.25) is 0 Å². The van der Waals surface area contributed by atoms with E-state index < -0.39 is 0 Å². The molecule has 0 saturated carbocycles. The number of benzene rings is 1. The molecule has 0 aliphatic carbocycles. The van der Waals surface area contributed by atoms with E-state index in [0.717, 1.165) is 41.9 Å². The van der Waals surface area contributed by atoms with Crippen LogP contribution in [0.4, 0.5) is 0 Å². The molecule has 164 valence electrons. The molecule has 5 nitrogen and oxygen atoms in total. The molecule has 0 saturated heterocycles. The topological polar surface area (TPSA) is 49.3 Å². The summed E-state index contributed by atoms with van der Waals surface area (Å²) in [4.78, 5) is 5.33. The van der Waals surface area contributed by atoms with E-state index in [0.29, 0.717) is 25.7 Å². The highest BCUT2D eigenvalue weighted by Crippen LogP contribution is 2.31. The Kier molecular flexibility index (Phi) is 11.3. The number of ether oxygens (including phenoxy) is 3. The second kappa shape index (κ2) is 12.9. The second-order valence-corrected chi connectivity index (χ2v) is 8.45. The van der Waals surface area contributed by atoms with Crippen LogP contribution in [0.25, 0.3) is 0 Å². The predicted octanol–water partition coefficient (Wildman–Crippen LogP) is 6.44. The van der Waals surface area contributed by atoms with Crippen LogP contribution >= 0.6 is 23.2 Å². The summed E-state index contributed by atoms with van der Waals surface area (Å²) in [6.45, 7) is 13.2. The van der Waals surface area contributed by atoms with E-state index >= 15 is 0 Å². The summed E-state index contributed by atoms with van der Waals surface area (Å²) < 4.78 is 17.6. The van der Waals surface area contributed by atoms with Gasteiger partial charge >= 0.3 is 0 Å². The number of oxime groups is 1. The maximum atomic E-state index is 6.08. The molecule has 7 heteroatoms. The average molecular weight is 446 g/mol. The van der Waals surface area contributed by atoms with Gasteiger partial charge in [0.25, 0.3) is 0 Å². The quantitative estimate of drug-likeness (QED) is 0.170. The molecule has 29 heavy (non-hydrogen) atoms. The summed E-state index contributed by atoms with van der Waals surface area (Å²) in [5.74, 6) is 2.22. The largest absolute Gasteiger partial charge is 0.493 e. The third-order valence-corrected chi connectivity index (χ3v) is 4.07. The van der Waals surface area contributed by atoms with Crippen molar-refractivity contribution in [2.24, 2.45) is 5.16 Å². The van der Waals surface area contributed by atoms with Crippen molar-refractivity contribution in [3.8, 4) is 11.5 Å². The lowest BCUT2D eigenvalue weighted by Crippen LogP contribution is -2.17. The Morgan fingerprint density at radius 1 is 1.03 bits per heavy atom. The van der Waals surface area contributed by atoms with E-state index in [1.165, 1.54) is 0 Å². The molecule has 0 aromatic heterocycles. The van der Waals surface area contributed by atoms with Gasteiger partial charge in [-0.3, -0.25) is 0 Å². The van der Waals surface area contributed by atoms with Crippen molar-refractivity contribution in [2.75, 3.05) is 19.8 Å². The minimum absolute atomic E-state index is 0.198. The van der Waals surface area contributed by atoms with Crippen molar-refractivity contribution in [3.63, 3.8) is 0 Å². The molecule has 1 aromatic rings. The van der Waals surface area contributed by atoms with Gasteiger partial charge in [-0.2, -0.15) is 0 Å². The molecule has 0 N–H and O–H groups in total. The molecule has 0 unspecified atom stereocenters. The number of halogens is 2. The van der Waals surface area contributed by atoms with Crippen molar-refractivity contribution in [3.05, 3.63) is 33.8 Å². The van der Waals surface area contributed by atoms with Crippen LogP contribution in [0.3, 0.4) is 0 Å². The molecule has 0 spiro atoms. The molecular formula is C22H33Cl2NO4. The fourth-order valence-corrected chi connectivity index (χ4v) is 2.52. The van der Waals surface area contributed by atoms with Gasteiger partial charge in [-0.05, 0) is 62.9 Å². The smallest absolute Gasteiger partial charge is 0.222 e. The zero-order valence-electron chi connectivity index (χ0n) is 18.3. The monoisotopic (exact) mass is 445 g/mol. The fourth-order valence-electron chi connectivity index (χ4n) is 2.40. The van der Waals surface area contributed by atoms with Crippen molar-refractivity contribution < 1.29 is 19.0 Å². The molecule has 0 bridgehead atoms. The Morgan fingerprint density at radius 3 is 2.17 bits per heavy atom. The van der Waals surface area contributed by atoms with Gasteiger partial charge in [0, 0.05) is 13.3 Å². The zero-order chi connectivity index (χ0) is 21.9. The number of hydrogen-bond donors (Lipinski definition) is 0. The van der Waals surface area contributed by atoms with Crippen molar-refractivity contribution in [2.45, 2.75) is 66.4 Å². The number of hydrogen-bond acceptors (Lipinski definition) is 5. The predicted molar refractivity (Wildman–Crippen MR) is 120 cm³/mol. The Labute approximate surface area is 184 Å². The van der Waals surface area contributed by atoms with Gasteiger partial charge in [0.15, 0.2) is 0 Å². The molecule has 0 radical (unpaired) electrons. The van der Waals surface area contributed by atoms with E-state index in [-0.39, 0.29) is 10.1 Å². The molecule has 0 heterocycles. The third kappa shape index (κ3) is 10.7. The summed E-state index contributed by atoms with van der Waals surface area (Å²) >= 11 is 11.3. The summed E-state index contributed by atoms with van der Waals surface area (Å²) in [6, 6.07) is 4.00. The summed E-state index contributed by atoms with van der Waals surface area (Å²) in [6.07, 6.45) is 4.05. The van der Waals surface area contributed by atoms with Crippen molar-refractivity contribution >= 4 is 29.1 Å². The Balaban J connectivity index is 2.61. The van der Waals surface area contributed by atoms with Gasteiger partial charge in [-0.1, -0.05) is 42.2 Å². The Morgan fingerprint density at radius 2 is 1.66 bits per heavy atom. The van der Waals surface area contributed by atoms with Crippen molar-refractivity contribution in [1.82, 2.24) is 0 Å². The van der Waals surface area contributed by atoms with Gasteiger partial charge in [-0.25, -0.2) is 0 Å². The molecule has 0 amide bonds. The average Bonchev–Trinajstić information content (AvgIpc) is 2.65. The van der Waals surface area contributed by atoms with Gasteiger partial charge in [-0.15, -0.1) is 0 Å². The lowest BCUT2D eigenvalue weighted by Gasteiger charge is -2.17. The SMILES string of the molecule is CCc1cc(OCC=C(Cl)Cl)cc(CC)c1OCCCOC(C)=NOC(C)(C)C. The van der Waals surface area contributed by atoms with Gasteiger partial charge < -0.3 is 19.0 Å². The highest BCUT2D eigenvalue weighted by Gasteiger charge is 2.12. The van der Waals surface area contributed by atoms with E-state index in [2.05, 4.69) is 19.0 Å². The van der Waals surface area contributed by atoms with Crippen LogP contribution in [-0.4, -0.2) is 31.3 Å². The van der Waals surface area contributed by atoms with Crippen molar-refractivity contribution in [1.29, 1.82) is 0 Å². The maximum Gasteiger partial charge on any atom is 0.222 e. The lowest BCUT2D eigenvalue weighted by atomic mass is 10.0. The standard InChI is InChI=1S/C22H33Cl2NO4/c1-7-17-14-19(27-13-10-20(23)24)15-18(8-2)21(17)28-12-9-11-26-16(3)25-29-22(4,5)6/h10,14-15H,7-9,11-13H2,1-6H3. The lowest BCUT2D eigenvalue weighted by molar-refractivity contribution is -0.00404. The van der Waals surface area contributed by atoms with E-state index in [1.54, 1.807) is 13.0 Å². The molecule has 0 aliphatic heterocycles. The molecule has 1 rings (SSSR count). The number of rotatable bonds is 11. The highest BCUT2D eigenvalue weighted by molar-refractivity contribution is 6.55. The van der Waals surface area contributed by atoms with Gasteiger partial charge in [0.05, 0.1) is 13.2 Å². The third-order valence-electron chi connectivity index (χ3n) is 3.76. The van der Waals surface area contributed by atoms with E-state index in [9.17, 15) is 0 Å². The normalized spacial score (nSPS) is 11.8. The molecule has 1 aromatic carbocycles. The van der Waals surface area contributed by atoms with E-state index in [1.807, 2.05) is 32.9 Å². The number of aryl methyl sites for hydroxylation is 2. The Bertz CT molecular complexity index is 668. The zero-order valence-corrected chi connectivity index (χ0v) is 19.8. The first-order valence-corrected chi connectivity index (χ1v) is 10.7. The summed E-state index contributed by atoms with van der Waals surface area (Å²) in [5, 5.41) is 3.97. The minimum atomic E-state index is -0.330. The summed E-state index contributed by atoms with van der Waals surface area (Å²) in [5.41, 5.74) is 1.89. The van der Waals surface area contributed by atoms with Crippen LogP contribution in [-0.2, 0) is 22.4 Å². The maximum absolute atomic E-state index is 6.08. The molecule has 0 fully saturated rings. The Hall–Kier alpha value is -1.59. The first-order chi connectivity index (χ1) is 13.7. The van der Waals surface area contributed by atoms with Crippen LogP contribution in [0.5, 0.6) is 11.5 Å². The molecule has 0 aliphatic rings. The fraction of sp³-hybridized carbons (Fsp3) is 0.591.